The standard InChI is InChI=1S/C30H34FN3O3/c1-18(2)28(20-6-4-5-7-20)33-26-15-10-21(25-17-22(31)11-14-24(25)29(35)36)16-27(26)34-30(37)32-23-12-8-19(3)9-13-23/h8-18,20,28,33H,4-7H2,1-3H3,(H,35,36)(H2,32,34,37). The Balaban J connectivity index is 1.70. The first kappa shape index (κ1) is 26.2. The van der Waals surface area contributed by atoms with Crippen LogP contribution < -0.4 is 16.0 Å². The van der Waals surface area contributed by atoms with Gasteiger partial charge in [-0.25, -0.2) is 14.0 Å². The third-order valence-electron chi connectivity index (χ3n) is 7.05. The van der Waals surface area contributed by atoms with Crippen molar-refractivity contribution in [3.63, 3.8) is 0 Å². The Kier molecular flexibility index (Phi) is 8.11. The summed E-state index contributed by atoms with van der Waals surface area (Å²) in [5.74, 6) is -0.769. The van der Waals surface area contributed by atoms with Crippen LogP contribution in [0.5, 0.6) is 0 Å². The fourth-order valence-corrected chi connectivity index (χ4v) is 5.13. The summed E-state index contributed by atoms with van der Waals surface area (Å²) in [6.45, 7) is 6.35. The molecule has 1 atom stereocenters. The van der Waals surface area contributed by atoms with Gasteiger partial charge in [-0.1, -0.05) is 50.5 Å². The number of carboxylic acids is 1. The molecule has 1 aliphatic rings. The summed E-state index contributed by atoms with van der Waals surface area (Å²) in [4.78, 5) is 24.8. The largest absolute Gasteiger partial charge is 0.478 e. The minimum atomic E-state index is -1.15. The van der Waals surface area contributed by atoms with Gasteiger partial charge in [-0.3, -0.25) is 0 Å². The van der Waals surface area contributed by atoms with E-state index in [1.54, 1.807) is 12.1 Å². The Bertz CT molecular complexity index is 1270. The highest BCUT2D eigenvalue weighted by atomic mass is 19.1. The Labute approximate surface area is 217 Å². The molecule has 3 aromatic rings. The first-order chi connectivity index (χ1) is 17.7. The number of halogens is 1. The van der Waals surface area contributed by atoms with Crippen molar-refractivity contribution in [3.8, 4) is 11.1 Å². The summed E-state index contributed by atoms with van der Waals surface area (Å²) in [5, 5.41) is 19.1. The second-order valence-electron chi connectivity index (χ2n) is 10.2. The minimum Gasteiger partial charge on any atom is -0.478 e. The highest BCUT2D eigenvalue weighted by Gasteiger charge is 2.28. The van der Waals surface area contributed by atoms with E-state index in [1.165, 1.54) is 25.0 Å². The zero-order chi connectivity index (χ0) is 26.5. The van der Waals surface area contributed by atoms with Crippen LogP contribution in [0.15, 0.2) is 60.7 Å². The summed E-state index contributed by atoms with van der Waals surface area (Å²) in [6, 6.07) is 16.2. The highest BCUT2D eigenvalue weighted by Crippen LogP contribution is 2.36. The second-order valence-corrected chi connectivity index (χ2v) is 10.2. The second kappa shape index (κ2) is 11.5. The van der Waals surface area contributed by atoms with Crippen LogP contribution in [-0.2, 0) is 0 Å². The number of nitrogens with one attached hydrogen (secondary N) is 3. The molecule has 1 fully saturated rings. The number of aryl methyl sites for hydroxylation is 1. The molecule has 0 aliphatic heterocycles. The smallest absolute Gasteiger partial charge is 0.336 e. The normalized spacial score (nSPS) is 14.4. The third kappa shape index (κ3) is 6.47. The number of benzene rings is 3. The summed E-state index contributed by atoms with van der Waals surface area (Å²) in [6.07, 6.45) is 4.76. The van der Waals surface area contributed by atoms with Gasteiger partial charge in [0.25, 0.3) is 0 Å². The van der Waals surface area contributed by atoms with Crippen molar-refractivity contribution in [1.29, 1.82) is 0 Å². The number of amides is 2. The number of urea groups is 1. The Morgan fingerprint density at radius 1 is 0.919 bits per heavy atom. The maximum Gasteiger partial charge on any atom is 0.336 e. The molecule has 4 N–H and O–H groups in total. The number of carbonyl (C=O) groups excluding carboxylic acids is 1. The van der Waals surface area contributed by atoms with Gasteiger partial charge in [0.2, 0.25) is 0 Å². The monoisotopic (exact) mass is 503 g/mol. The van der Waals surface area contributed by atoms with Gasteiger partial charge >= 0.3 is 12.0 Å². The van der Waals surface area contributed by atoms with E-state index >= 15 is 0 Å². The lowest BCUT2D eigenvalue weighted by molar-refractivity contribution is 0.0697. The van der Waals surface area contributed by atoms with E-state index in [0.717, 1.165) is 30.2 Å². The molecule has 194 valence electrons. The van der Waals surface area contributed by atoms with Crippen molar-refractivity contribution in [2.75, 3.05) is 16.0 Å². The third-order valence-corrected chi connectivity index (χ3v) is 7.05. The van der Waals surface area contributed by atoms with Gasteiger partial charge in [0, 0.05) is 11.7 Å². The molecule has 0 bridgehead atoms. The molecule has 0 heterocycles. The van der Waals surface area contributed by atoms with E-state index in [0.29, 0.717) is 28.8 Å². The molecule has 0 saturated heterocycles. The lowest BCUT2D eigenvalue weighted by atomic mass is 9.88. The molecule has 0 radical (unpaired) electrons. The summed E-state index contributed by atoms with van der Waals surface area (Å²) in [7, 11) is 0. The van der Waals surface area contributed by atoms with Crippen LogP contribution >= 0.6 is 0 Å². The number of hydrogen-bond donors (Lipinski definition) is 4. The van der Waals surface area contributed by atoms with Gasteiger partial charge < -0.3 is 21.1 Å². The Morgan fingerprint density at radius 3 is 2.27 bits per heavy atom. The van der Waals surface area contributed by atoms with E-state index in [4.69, 9.17) is 0 Å². The van der Waals surface area contributed by atoms with Crippen molar-refractivity contribution in [1.82, 2.24) is 0 Å². The Morgan fingerprint density at radius 2 is 1.62 bits per heavy atom. The molecular formula is C30H34FN3O3. The van der Waals surface area contributed by atoms with Gasteiger partial charge in [-0.15, -0.1) is 0 Å². The molecule has 4 rings (SSSR count). The topological polar surface area (TPSA) is 90.5 Å². The van der Waals surface area contributed by atoms with E-state index in [9.17, 15) is 19.1 Å². The predicted octanol–water partition coefficient (Wildman–Crippen LogP) is 7.77. The van der Waals surface area contributed by atoms with Crippen molar-refractivity contribution < 1.29 is 19.1 Å². The minimum absolute atomic E-state index is 0.0109. The quantitative estimate of drug-likeness (QED) is 0.253. The maximum atomic E-state index is 14.1. The SMILES string of the molecule is Cc1ccc(NC(=O)Nc2cc(-c3cc(F)ccc3C(=O)O)ccc2NC(C(C)C)C2CCCC2)cc1. The van der Waals surface area contributed by atoms with Gasteiger partial charge in [-0.2, -0.15) is 0 Å². The molecule has 1 unspecified atom stereocenters. The van der Waals surface area contributed by atoms with E-state index in [-0.39, 0.29) is 17.2 Å². The number of rotatable bonds is 8. The first-order valence-electron chi connectivity index (χ1n) is 12.8. The molecule has 2 amide bonds. The van der Waals surface area contributed by atoms with Crippen molar-refractivity contribution in [3.05, 3.63) is 77.6 Å². The van der Waals surface area contributed by atoms with E-state index < -0.39 is 17.8 Å². The average Bonchev–Trinajstić information content (AvgIpc) is 3.38. The molecule has 6 nitrogen and oxygen atoms in total. The lowest BCUT2D eigenvalue weighted by Crippen LogP contribution is -2.33. The summed E-state index contributed by atoms with van der Waals surface area (Å²) < 4.78 is 14.1. The molecular weight excluding hydrogens is 469 g/mol. The zero-order valence-corrected chi connectivity index (χ0v) is 21.5. The van der Waals surface area contributed by atoms with Crippen LogP contribution in [0.4, 0.5) is 26.2 Å². The van der Waals surface area contributed by atoms with Crippen LogP contribution in [0, 0.1) is 24.6 Å². The van der Waals surface area contributed by atoms with Crippen LogP contribution in [0.1, 0.15) is 55.5 Å². The van der Waals surface area contributed by atoms with Gasteiger partial charge in [0.1, 0.15) is 5.82 Å². The number of hydrogen-bond acceptors (Lipinski definition) is 3. The summed E-state index contributed by atoms with van der Waals surface area (Å²) in [5.41, 5.74) is 3.70. The highest BCUT2D eigenvalue weighted by molar-refractivity contribution is 6.03. The number of carboxylic acid groups (broad SMARTS) is 1. The van der Waals surface area contributed by atoms with Crippen LogP contribution in [0.2, 0.25) is 0 Å². The average molecular weight is 504 g/mol. The molecule has 3 aromatic carbocycles. The fourth-order valence-electron chi connectivity index (χ4n) is 5.13. The number of carbonyl (C=O) groups is 2. The van der Waals surface area contributed by atoms with Gasteiger partial charge in [-0.05, 0) is 85.2 Å². The van der Waals surface area contributed by atoms with Crippen LogP contribution in [-0.4, -0.2) is 23.1 Å². The molecule has 0 spiro atoms. The van der Waals surface area contributed by atoms with E-state index in [1.807, 2.05) is 37.3 Å². The van der Waals surface area contributed by atoms with Gasteiger partial charge in [0.05, 0.1) is 16.9 Å². The fraction of sp³-hybridized carbons (Fsp3) is 0.333. The summed E-state index contributed by atoms with van der Waals surface area (Å²) >= 11 is 0. The molecule has 1 saturated carbocycles. The van der Waals surface area contributed by atoms with Crippen LogP contribution in [0.25, 0.3) is 11.1 Å². The van der Waals surface area contributed by atoms with Gasteiger partial charge in [0.15, 0.2) is 0 Å². The van der Waals surface area contributed by atoms with Crippen molar-refractivity contribution in [2.45, 2.75) is 52.5 Å². The lowest BCUT2D eigenvalue weighted by Gasteiger charge is -2.30. The predicted molar refractivity (Wildman–Crippen MR) is 147 cm³/mol. The zero-order valence-electron chi connectivity index (χ0n) is 21.5. The van der Waals surface area contributed by atoms with Crippen LogP contribution in [0.3, 0.4) is 0 Å². The first-order valence-corrected chi connectivity index (χ1v) is 12.8. The molecule has 37 heavy (non-hydrogen) atoms. The number of aromatic carboxylic acids is 1. The molecule has 0 aromatic heterocycles. The molecule has 1 aliphatic carbocycles. The maximum absolute atomic E-state index is 14.1. The Hall–Kier alpha value is -3.87. The number of anilines is 3. The molecule has 7 heteroatoms. The van der Waals surface area contributed by atoms with E-state index in [2.05, 4.69) is 29.8 Å². The van der Waals surface area contributed by atoms with Crippen molar-refractivity contribution in [2.24, 2.45) is 11.8 Å². The van der Waals surface area contributed by atoms with Crippen molar-refractivity contribution >= 4 is 29.1 Å².